The summed E-state index contributed by atoms with van der Waals surface area (Å²) in [5.41, 5.74) is 4.23. The van der Waals surface area contributed by atoms with Gasteiger partial charge >= 0.3 is 0 Å². The van der Waals surface area contributed by atoms with Gasteiger partial charge in [-0.05, 0) is 67.5 Å². The highest BCUT2D eigenvalue weighted by molar-refractivity contribution is 7.08. The van der Waals surface area contributed by atoms with Crippen LogP contribution in [-0.4, -0.2) is 15.3 Å². The Morgan fingerprint density at radius 1 is 1.29 bits per heavy atom. The molecular formula is C16H17N3OS. The van der Waals surface area contributed by atoms with Gasteiger partial charge in [0.1, 0.15) is 4.88 Å². The Labute approximate surface area is 127 Å². The van der Waals surface area contributed by atoms with E-state index in [0.717, 1.165) is 22.5 Å². The van der Waals surface area contributed by atoms with Gasteiger partial charge in [0.2, 0.25) is 0 Å². The first kappa shape index (κ1) is 13.8. The topological polar surface area (TPSA) is 57.8 Å². The van der Waals surface area contributed by atoms with Crippen molar-refractivity contribution in [3.63, 3.8) is 0 Å². The van der Waals surface area contributed by atoms with E-state index < -0.39 is 0 Å². The van der Waals surface area contributed by atoms with Gasteiger partial charge < -0.3 is 10.3 Å². The standard InChI is InChI=1S/C16H17N3OS/c1-9-6-13-8-12(4-5-14(13)17-9)11(3)18-16(20)15-7-10(2)19-21-15/h4-8,11,17H,1-3H3,(H,18,20)/t11-/m1/s1. The maximum atomic E-state index is 12.2. The fourth-order valence-electron chi connectivity index (χ4n) is 2.39. The fourth-order valence-corrected chi connectivity index (χ4v) is 3.05. The molecule has 0 saturated heterocycles. The molecule has 3 aromatic rings. The first-order valence-corrected chi connectivity index (χ1v) is 7.64. The van der Waals surface area contributed by atoms with Gasteiger partial charge in [-0.15, -0.1) is 0 Å². The van der Waals surface area contributed by atoms with Crippen LogP contribution in [0, 0.1) is 13.8 Å². The Morgan fingerprint density at radius 2 is 2.10 bits per heavy atom. The highest BCUT2D eigenvalue weighted by Gasteiger charge is 2.14. The van der Waals surface area contributed by atoms with Crippen molar-refractivity contribution in [3.05, 3.63) is 52.2 Å². The van der Waals surface area contributed by atoms with Crippen molar-refractivity contribution in [2.24, 2.45) is 0 Å². The molecule has 2 aromatic heterocycles. The molecule has 0 aliphatic heterocycles. The van der Waals surface area contributed by atoms with Crippen molar-refractivity contribution in [2.75, 3.05) is 0 Å². The summed E-state index contributed by atoms with van der Waals surface area (Å²) in [5.74, 6) is -0.0709. The van der Waals surface area contributed by atoms with E-state index in [9.17, 15) is 4.79 Å². The molecule has 0 aliphatic rings. The van der Waals surface area contributed by atoms with Crippen LogP contribution in [0.25, 0.3) is 10.9 Å². The molecule has 1 atom stereocenters. The summed E-state index contributed by atoms with van der Waals surface area (Å²) in [6.45, 7) is 5.92. The van der Waals surface area contributed by atoms with Crippen LogP contribution < -0.4 is 5.32 Å². The predicted octanol–water partition coefficient (Wildman–Crippen LogP) is 3.73. The molecule has 2 N–H and O–H groups in total. The van der Waals surface area contributed by atoms with Crippen LogP contribution in [0.3, 0.4) is 0 Å². The van der Waals surface area contributed by atoms with Crippen molar-refractivity contribution >= 4 is 28.3 Å². The van der Waals surface area contributed by atoms with E-state index in [4.69, 9.17) is 0 Å². The second-order valence-electron chi connectivity index (χ2n) is 5.33. The molecule has 0 unspecified atom stereocenters. The molecule has 0 aliphatic carbocycles. The molecule has 0 saturated carbocycles. The molecule has 0 bridgehead atoms. The number of aryl methyl sites for hydroxylation is 2. The summed E-state index contributed by atoms with van der Waals surface area (Å²) in [7, 11) is 0. The number of fused-ring (bicyclic) bond motifs is 1. The average molecular weight is 299 g/mol. The van der Waals surface area contributed by atoms with E-state index in [1.165, 1.54) is 16.9 Å². The van der Waals surface area contributed by atoms with E-state index >= 15 is 0 Å². The number of hydrogen-bond acceptors (Lipinski definition) is 3. The quantitative estimate of drug-likeness (QED) is 0.774. The zero-order valence-corrected chi connectivity index (χ0v) is 13.0. The summed E-state index contributed by atoms with van der Waals surface area (Å²) in [4.78, 5) is 16.1. The number of nitrogens with one attached hydrogen (secondary N) is 2. The number of carbonyl (C=O) groups is 1. The average Bonchev–Trinajstić information content (AvgIpc) is 3.02. The normalized spacial score (nSPS) is 12.5. The largest absolute Gasteiger partial charge is 0.359 e. The third-order valence-electron chi connectivity index (χ3n) is 3.48. The second kappa shape index (κ2) is 5.33. The van der Waals surface area contributed by atoms with Crippen LogP contribution in [0.4, 0.5) is 0 Å². The van der Waals surface area contributed by atoms with Gasteiger partial charge in [-0.3, -0.25) is 4.79 Å². The van der Waals surface area contributed by atoms with Crippen molar-refractivity contribution in [1.82, 2.24) is 14.7 Å². The van der Waals surface area contributed by atoms with Gasteiger partial charge in [-0.2, -0.15) is 4.37 Å². The molecule has 1 amide bonds. The third-order valence-corrected chi connectivity index (χ3v) is 4.36. The lowest BCUT2D eigenvalue weighted by Gasteiger charge is -2.13. The number of hydrogen-bond donors (Lipinski definition) is 2. The smallest absolute Gasteiger partial charge is 0.263 e. The SMILES string of the molecule is Cc1cc(C(=O)N[C@H](C)c2ccc3[nH]c(C)cc3c2)sn1. The van der Waals surface area contributed by atoms with Gasteiger partial charge in [-0.1, -0.05) is 6.07 Å². The molecule has 1 aromatic carbocycles. The van der Waals surface area contributed by atoms with Gasteiger partial charge in [0.25, 0.3) is 5.91 Å². The number of nitrogens with zero attached hydrogens (tertiary/aromatic N) is 1. The zero-order valence-electron chi connectivity index (χ0n) is 12.2. The van der Waals surface area contributed by atoms with Crippen LogP contribution in [0.2, 0.25) is 0 Å². The van der Waals surface area contributed by atoms with Crippen LogP contribution in [0.5, 0.6) is 0 Å². The lowest BCUT2D eigenvalue weighted by atomic mass is 10.1. The first-order valence-electron chi connectivity index (χ1n) is 6.86. The summed E-state index contributed by atoms with van der Waals surface area (Å²) >= 11 is 1.23. The minimum atomic E-state index is -0.0709. The van der Waals surface area contributed by atoms with Gasteiger partial charge in [0.05, 0.1) is 11.7 Å². The van der Waals surface area contributed by atoms with Crippen molar-refractivity contribution < 1.29 is 4.79 Å². The van der Waals surface area contributed by atoms with Gasteiger partial charge in [-0.25, -0.2) is 0 Å². The van der Waals surface area contributed by atoms with E-state index in [0.29, 0.717) is 4.88 Å². The number of aromatic nitrogens is 2. The number of H-pyrrole nitrogens is 1. The maximum Gasteiger partial charge on any atom is 0.263 e. The minimum Gasteiger partial charge on any atom is -0.359 e. The number of amides is 1. The Kier molecular flexibility index (Phi) is 3.51. The lowest BCUT2D eigenvalue weighted by Crippen LogP contribution is -2.25. The molecule has 2 heterocycles. The Bertz CT molecular complexity index is 803. The van der Waals surface area contributed by atoms with E-state index in [1.807, 2.05) is 32.9 Å². The Balaban J connectivity index is 1.79. The van der Waals surface area contributed by atoms with Crippen molar-refractivity contribution in [1.29, 1.82) is 0 Å². The van der Waals surface area contributed by atoms with Crippen LogP contribution in [0.1, 0.15) is 39.6 Å². The summed E-state index contributed by atoms with van der Waals surface area (Å²) in [5, 5.41) is 4.18. The van der Waals surface area contributed by atoms with E-state index in [-0.39, 0.29) is 11.9 Å². The second-order valence-corrected chi connectivity index (χ2v) is 6.13. The molecule has 5 heteroatoms. The van der Waals surface area contributed by atoms with Crippen LogP contribution >= 0.6 is 11.5 Å². The molecule has 3 rings (SSSR count). The Hall–Kier alpha value is -2.14. The van der Waals surface area contributed by atoms with Crippen LogP contribution in [0.15, 0.2) is 30.3 Å². The number of rotatable bonds is 3. The highest BCUT2D eigenvalue weighted by atomic mass is 32.1. The van der Waals surface area contributed by atoms with Gasteiger partial charge in [0.15, 0.2) is 0 Å². The zero-order chi connectivity index (χ0) is 15.0. The molecule has 21 heavy (non-hydrogen) atoms. The maximum absolute atomic E-state index is 12.2. The summed E-state index contributed by atoms with van der Waals surface area (Å²) in [6.07, 6.45) is 0. The molecule has 108 valence electrons. The number of benzene rings is 1. The van der Waals surface area contributed by atoms with Crippen molar-refractivity contribution in [3.8, 4) is 0 Å². The summed E-state index contributed by atoms with van der Waals surface area (Å²) < 4.78 is 4.14. The van der Waals surface area contributed by atoms with E-state index in [2.05, 4.69) is 32.9 Å². The fraction of sp³-hybridized carbons (Fsp3) is 0.250. The monoisotopic (exact) mass is 299 g/mol. The third kappa shape index (κ3) is 2.83. The molecule has 4 nitrogen and oxygen atoms in total. The van der Waals surface area contributed by atoms with E-state index in [1.54, 1.807) is 0 Å². The first-order chi connectivity index (χ1) is 10.0. The van der Waals surface area contributed by atoms with Crippen molar-refractivity contribution in [2.45, 2.75) is 26.8 Å². The molecule has 0 radical (unpaired) electrons. The molecule has 0 fully saturated rings. The predicted molar refractivity (Wildman–Crippen MR) is 85.8 cm³/mol. The van der Waals surface area contributed by atoms with Gasteiger partial charge in [0, 0.05) is 11.2 Å². The highest BCUT2D eigenvalue weighted by Crippen LogP contribution is 2.21. The number of carbonyl (C=O) groups excluding carboxylic acids is 1. The Morgan fingerprint density at radius 3 is 2.81 bits per heavy atom. The lowest BCUT2D eigenvalue weighted by molar-refractivity contribution is 0.0944. The minimum absolute atomic E-state index is 0.0421. The van der Waals surface area contributed by atoms with Crippen LogP contribution in [-0.2, 0) is 0 Å². The summed E-state index contributed by atoms with van der Waals surface area (Å²) in [6, 6.07) is 10.1. The molecule has 0 spiro atoms. The number of aromatic amines is 1. The molecular weight excluding hydrogens is 282 g/mol.